The zero-order valence-corrected chi connectivity index (χ0v) is 21.2. The number of hydrogen-bond acceptors (Lipinski definition) is 7. The summed E-state index contributed by atoms with van der Waals surface area (Å²) in [5.74, 6) is 1.58. The Hall–Kier alpha value is -2.94. The first-order valence-electron chi connectivity index (χ1n) is 12.8. The third-order valence-corrected chi connectivity index (χ3v) is 5.71. The molecule has 0 aromatic heterocycles. The van der Waals surface area contributed by atoms with Gasteiger partial charge in [0.2, 0.25) is 0 Å². The van der Waals surface area contributed by atoms with Gasteiger partial charge in [-0.25, -0.2) is 0 Å². The molecule has 3 aromatic rings. The van der Waals surface area contributed by atoms with Gasteiger partial charge in [-0.2, -0.15) is 0 Å². The molecule has 1 unspecified atom stereocenters. The Bertz CT molecular complexity index is 1030. The van der Waals surface area contributed by atoms with Gasteiger partial charge >= 0.3 is 0 Å². The van der Waals surface area contributed by atoms with Crippen molar-refractivity contribution in [1.82, 2.24) is 0 Å². The van der Waals surface area contributed by atoms with E-state index in [1.165, 1.54) is 0 Å². The number of ether oxygens (including phenoxy) is 7. The average molecular weight is 509 g/mol. The molecule has 0 fully saturated rings. The van der Waals surface area contributed by atoms with Crippen molar-refractivity contribution in [2.75, 3.05) is 66.1 Å². The van der Waals surface area contributed by atoms with Crippen molar-refractivity contribution in [1.29, 1.82) is 0 Å². The van der Waals surface area contributed by atoms with Gasteiger partial charge in [0, 0.05) is 11.1 Å². The number of benzene rings is 3. The molecule has 0 spiro atoms. The highest BCUT2D eigenvalue weighted by molar-refractivity contribution is 5.75. The van der Waals surface area contributed by atoms with E-state index in [1.807, 2.05) is 78.9 Å². The van der Waals surface area contributed by atoms with Crippen LogP contribution in [-0.4, -0.2) is 72.2 Å². The van der Waals surface area contributed by atoms with Gasteiger partial charge in [-0.3, -0.25) is 0 Å². The normalized spacial score (nSPS) is 18.4. The van der Waals surface area contributed by atoms with E-state index in [2.05, 4.69) is 0 Å². The molecule has 37 heavy (non-hydrogen) atoms. The Kier molecular flexibility index (Phi) is 11.7. The van der Waals surface area contributed by atoms with Gasteiger partial charge in [-0.05, 0) is 17.7 Å². The quantitative estimate of drug-likeness (QED) is 0.503. The highest BCUT2D eigenvalue weighted by Gasteiger charge is 2.13. The number of fused-ring (bicyclic) bond motifs is 3. The predicted molar refractivity (Wildman–Crippen MR) is 141 cm³/mol. The molecule has 1 aliphatic rings. The summed E-state index contributed by atoms with van der Waals surface area (Å²) < 4.78 is 41.2. The molecule has 1 atom stereocenters. The predicted octanol–water partition coefficient (Wildman–Crippen LogP) is 4.78. The molecule has 0 N–H and O–H groups in total. The van der Waals surface area contributed by atoms with Gasteiger partial charge in [-0.1, -0.05) is 66.7 Å². The van der Waals surface area contributed by atoms with E-state index >= 15 is 0 Å². The molecule has 3 aromatic carbocycles. The van der Waals surface area contributed by atoms with Gasteiger partial charge in [0.1, 0.15) is 30.8 Å². The van der Waals surface area contributed by atoms with Crippen LogP contribution in [0, 0.1) is 0 Å². The molecule has 1 aliphatic heterocycles. The zero-order chi connectivity index (χ0) is 25.4. The molecule has 0 saturated carbocycles. The summed E-state index contributed by atoms with van der Waals surface area (Å²) in [6.07, 6.45) is -0.194. The third-order valence-electron chi connectivity index (χ3n) is 5.71. The maximum absolute atomic E-state index is 6.06. The molecule has 0 saturated heterocycles. The first-order valence-corrected chi connectivity index (χ1v) is 12.8. The van der Waals surface area contributed by atoms with E-state index in [4.69, 9.17) is 33.2 Å². The second-order valence-electron chi connectivity index (χ2n) is 8.48. The maximum Gasteiger partial charge on any atom is 0.127 e. The Balaban J connectivity index is 1.31. The molecule has 7 heteroatoms. The van der Waals surface area contributed by atoms with Crippen molar-refractivity contribution in [2.45, 2.75) is 12.7 Å². The van der Waals surface area contributed by atoms with Crippen molar-refractivity contribution >= 4 is 0 Å². The molecule has 0 bridgehead atoms. The van der Waals surface area contributed by atoms with E-state index in [0.29, 0.717) is 72.7 Å². The first-order chi connectivity index (χ1) is 18.4. The standard InChI is InChI=1S/C30H36O7/c1-2-8-25(9-3-1)22-34-24-26-23-33-15-14-31-17-20-36-29-12-6-4-10-27(29)28-11-5-7-13-30(28)37-21-18-32-16-19-35-26/h1-13,26H,14-24H2. The van der Waals surface area contributed by atoms with E-state index in [0.717, 1.165) is 28.2 Å². The van der Waals surface area contributed by atoms with Gasteiger partial charge in [0.05, 0.1) is 59.5 Å². The molecule has 0 amide bonds. The molecule has 0 radical (unpaired) electrons. The lowest BCUT2D eigenvalue weighted by atomic mass is 10.0. The molecular weight excluding hydrogens is 472 g/mol. The number of para-hydroxylation sites is 2. The van der Waals surface area contributed by atoms with E-state index in [1.54, 1.807) is 0 Å². The summed E-state index contributed by atoms with van der Waals surface area (Å²) in [6.45, 7) is 5.02. The monoisotopic (exact) mass is 508 g/mol. The van der Waals surface area contributed by atoms with Crippen LogP contribution in [0.2, 0.25) is 0 Å². The smallest absolute Gasteiger partial charge is 0.127 e. The van der Waals surface area contributed by atoms with Crippen LogP contribution in [0.1, 0.15) is 5.56 Å². The molecule has 4 rings (SSSR count). The summed E-state index contributed by atoms with van der Waals surface area (Å²) in [6, 6.07) is 26.0. The van der Waals surface area contributed by atoms with Gasteiger partial charge in [-0.15, -0.1) is 0 Å². The molecular formula is C30H36O7. The van der Waals surface area contributed by atoms with Gasteiger partial charge in [0.15, 0.2) is 0 Å². The fraction of sp³-hybridized carbons (Fsp3) is 0.400. The van der Waals surface area contributed by atoms with Crippen LogP contribution in [0.4, 0.5) is 0 Å². The SMILES string of the molecule is c1ccc(COCC2COCCOCCOc3ccccc3-c3ccccc3OCCOCCO2)cc1. The van der Waals surface area contributed by atoms with Crippen LogP contribution < -0.4 is 9.47 Å². The summed E-state index contributed by atoms with van der Waals surface area (Å²) in [5, 5.41) is 0. The minimum atomic E-state index is -0.194. The molecule has 1 heterocycles. The van der Waals surface area contributed by atoms with Crippen molar-refractivity contribution in [2.24, 2.45) is 0 Å². The minimum Gasteiger partial charge on any atom is -0.491 e. The lowest BCUT2D eigenvalue weighted by Crippen LogP contribution is -2.28. The Labute approximate surface area is 219 Å². The fourth-order valence-electron chi connectivity index (χ4n) is 3.89. The van der Waals surface area contributed by atoms with Crippen molar-refractivity contribution in [3.05, 3.63) is 84.4 Å². The van der Waals surface area contributed by atoms with E-state index in [-0.39, 0.29) is 6.10 Å². The van der Waals surface area contributed by atoms with Crippen LogP contribution in [0.3, 0.4) is 0 Å². The zero-order valence-electron chi connectivity index (χ0n) is 21.2. The lowest BCUT2D eigenvalue weighted by Gasteiger charge is -2.19. The van der Waals surface area contributed by atoms with Crippen LogP contribution in [-0.2, 0) is 30.3 Å². The van der Waals surface area contributed by atoms with Crippen LogP contribution >= 0.6 is 0 Å². The lowest BCUT2D eigenvalue weighted by molar-refractivity contribution is -0.0822. The first kappa shape index (κ1) is 27.1. The molecule has 0 aliphatic carbocycles. The Morgan fingerprint density at radius 3 is 1.78 bits per heavy atom. The molecule has 7 nitrogen and oxygen atoms in total. The maximum atomic E-state index is 6.06. The second kappa shape index (κ2) is 16.0. The fourth-order valence-corrected chi connectivity index (χ4v) is 3.89. The average Bonchev–Trinajstić information content (AvgIpc) is 2.94. The minimum absolute atomic E-state index is 0.194. The molecule has 198 valence electrons. The van der Waals surface area contributed by atoms with Gasteiger partial charge < -0.3 is 33.2 Å². The topological polar surface area (TPSA) is 64.6 Å². The summed E-state index contributed by atoms with van der Waals surface area (Å²) >= 11 is 0. The third kappa shape index (κ3) is 9.46. The van der Waals surface area contributed by atoms with E-state index < -0.39 is 0 Å². The Morgan fingerprint density at radius 2 is 1.11 bits per heavy atom. The summed E-state index contributed by atoms with van der Waals surface area (Å²) in [7, 11) is 0. The number of hydrogen-bond donors (Lipinski definition) is 0. The van der Waals surface area contributed by atoms with Crippen molar-refractivity contribution in [3.8, 4) is 22.6 Å². The second-order valence-corrected chi connectivity index (χ2v) is 8.48. The van der Waals surface area contributed by atoms with Crippen LogP contribution in [0.25, 0.3) is 11.1 Å². The van der Waals surface area contributed by atoms with Crippen LogP contribution in [0.15, 0.2) is 78.9 Å². The highest BCUT2D eigenvalue weighted by Crippen LogP contribution is 2.36. The van der Waals surface area contributed by atoms with Gasteiger partial charge in [0.25, 0.3) is 0 Å². The largest absolute Gasteiger partial charge is 0.491 e. The summed E-state index contributed by atoms with van der Waals surface area (Å²) in [5.41, 5.74) is 3.08. The van der Waals surface area contributed by atoms with Crippen LogP contribution in [0.5, 0.6) is 11.5 Å². The van der Waals surface area contributed by atoms with Crippen molar-refractivity contribution < 1.29 is 33.2 Å². The van der Waals surface area contributed by atoms with Crippen molar-refractivity contribution in [3.63, 3.8) is 0 Å². The number of rotatable bonds is 4. The highest BCUT2D eigenvalue weighted by atomic mass is 16.6. The Morgan fingerprint density at radius 1 is 0.568 bits per heavy atom. The summed E-state index contributed by atoms with van der Waals surface area (Å²) in [4.78, 5) is 0. The van der Waals surface area contributed by atoms with E-state index in [9.17, 15) is 0 Å².